The van der Waals surface area contributed by atoms with Crippen LogP contribution in [0.5, 0.6) is 0 Å². The first-order valence-electron chi connectivity index (χ1n) is 4.38. The summed E-state index contributed by atoms with van der Waals surface area (Å²) < 4.78 is 5.05. The Labute approximate surface area is 77.1 Å². The smallest absolute Gasteiger partial charge is 0.220 e. The van der Waals surface area contributed by atoms with Gasteiger partial charge in [0.25, 0.3) is 0 Å². The third-order valence-electron chi connectivity index (χ3n) is 2.00. The van der Waals surface area contributed by atoms with Crippen molar-refractivity contribution < 1.29 is 9.21 Å². The van der Waals surface area contributed by atoms with Crippen LogP contribution >= 0.6 is 0 Å². The summed E-state index contributed by atoms with van der Waals surface area (Å²) in [5.41, 5.74) is 5.12. The Balaban J connectivity index is 2.18. The van der Waals surface area contributed by atoms with E-state index in [1.54, 1.807) is 12.5 Å². The summed E-state index contributed by atoms with van der Waals surface area (Å²) >= 11 is 0. The fourth-order valence-corrected chi connectivity index (χ4v) is 1.08. The maximum absolute atomic E-state index is 10.7. The van der Waals surface area contributed by atoms with Gasteiger partial charge in [-0.2, -0.15) is 0 Å². The van der Waals surface area contributed by atoms with Gasteiger partial charge in [0.05, 0.1) is 6.20 Å². The van der Waals surface area contributed by atoms with Crippen molar-refractivity contribution in [3.05, 3.63) is 18.4 Å². The highest BCUT2D eigenvalue weighted by Gasteiger charge is 2.08. The number of carbonyl (C=O) groups is 1. The van der Waals surface area contributed by atoms with Crippen LogP contribution in [0.4, 0.5) is 0 Å². The molecule has 1 aromatic rings. The van der Waals surface area contributed by atoms with E-state index in [-0.39, 0.29) is 11.8 Å². The van der Waals surface area contributed by atoms with E-state index in [1.807, 2.05) is 6.92 Å². The fraction of sp³-hybridized carbons (Fsp3) is 0.556. The highest BCUT2D eigenvalue weighted by molar-refractivity contribution is 5.76. The van der Waals surface area contributed by atoms with E-state index >= 15 is 0 Å². The SMILES string of the molecule is CC(CCCc1ncco1)C(N)=O. The molecule has 2 N–H and O–H groups in total. The van der Waals surface area contributed by atoms with Crippen molar-refractivity contribution in [2.24, 2.45) is 11.7 Å². The molecule has 0 aliphatic carbocycles. The van der Waals surface area contributed by atoms with Gasteiger partial charge in [0.2, 0.25) is 5.91 Å². The summed E-state index contributed by atoms with van der Waals surface area (Å²) in [7, 11) is 0. The van der Waals surface area contributed by atoms with Gasteiger partial charge in [-0.25, -0.2) is 4.98 Å². The zero-order valence-corrected chi connectivity index (χ0v) is 7.69. The number of aryl methyl sites for hydroxylation is 1. The molecule has 1 rings (SSSR count). The van der Waals surface area contributed by atoms with Crippen molar-refractivity contribution in [3.8, 4) is 0 Å². The Bertz CT molecular complexity index is 257. The molecule has 1 atom stereocenters. The van der Waals surface area contributed by atoms with E-state index in [0.717, 1.165) is 25.2 Å². The summed E-state index contributed by atoms with van der Waals surface area (Å²) in [6.07, 6.45) is 5.60. The molecule has 0 saturated carbocycles. The van der Waals surface area contributed by atoms with Crippen LogP contribution in [0, 0.1) is 5.92 Å². The highest BCUT2D eigenvalue weighted by Crippen LogP contribution is 2.08. The molecule has 0 fully saturated rings. The molecule has 0 aliphatic heterocycles. The lowest BCUT2D eigenvalue weighted by molar-refractivity contribution is -0.121. The minimum atomic E-state index is -0.243. The van der Waals surface area contributed by atoms with Crippen LogP contribution in [0.2, 0.25) is 0 Å². The molecule has 0 spiro atoms. The Hall–Kier alpha value is -1.32. The third-order valence-corrected chi connectivity index (χ3v) is 2.00. The fourth-order valence-electron chi connectivity index (χ4n) is 1.08. The number of nitrogens with zero attached hydrogens (tertiary/aromatic N) is 1. The Kier molecular flexibility index (Phi) is 3.49. The molecule has 72 valence electrons. The summed E-state index contributed by atoms with van der Waals surface area (Å²) in [4.78, 5) is 14.6. The number of carbonyl (C=O) groups excluding carboxylic acids is 1. The molecular formula is C9H14N2O2. The predicted molar refractivity (Wildman–Crippen MR) is 47.8 cm³/mol. The van der Waals surface area contributed by atoms with Crippen molar-refractivity contribution in [1.29, 1.82) is 0 Å². The van der Waals surface area contributed by atoms with E-state index in [1.165, 1.54) is 0 Å². The molecule has 1 amide bonds. The van der Waals surface area contributed by atoms with Crippen LogP contribution in [-0.2, 0) is 11.2 Å². The number of nitrogens with two attached hydrogens (primary N) is 1. The molecule has 4 heteroatoms. The van der Waals surface area contributed by atoms with Gasteiger partial charge >= 0.3 is 0 Å². The van der Waals surface area contributed by atoms with Crippen LogP contribution in [-0.4, -0.2) is 10.9 Å². The third kappa shape index (κ3) is 3.27. The molecule has 4 nitrogen and oxygen atoms in total. The molecule has 0 bridgehead atoms. The zero-order chi connectivity index (χ0) is 9.68. The largest absolute Gasteiger partial charge is 0.449 e. The van der Waals surface area contributed by atoms with Gasteiger partial charge in [0.1, 0.15) is 6.26 Å². The number of amides is 1. The molecular weight excluding hydrogens is 168 g/mol. The van der Waals surface area contributed by atoms with Gasteiger partial charge in [-0.3, -0.25) is 4.79 Å². The van der Waals surface area contributed by atoms with Crippen molar-refractivity contribution in [2.45, 2.75) is 26.2 Å². The molecule has 1 aromatic heterocycles. The standard InChI is InChI=1S/C9H14N2O2/c1-7(9(10)12)3-2-4-8-11-5-6-13-8/h5-7H,2-4H2,1H3,(H2,10,12). The van der Waals surface area contributed by atoms with Gasteiger partial charge in [-0.1, -0.05) is 6.92 Å². The number of hydrogen-bond donors (Lipinski definition) is 1. The summed E-state index contributed by atoms with van der Waals surface area (Å²) in [5, 5.41) is 0. The van der Waals surface area contributed by atoms with E-state index in [9.17, 15) is 4.79 Å². The molecule has 0 saturated heterocycles. The van der Waals surface area contributed by atoms with Crippen molar-refractivity contribution in [2.75, 3.05) is 0 Å². The van der Waals surface area contributed by atoms with E-state index in [0.29, 0.717) is 0 Å². The number of primary amides is 1. The molecule has 0 radical (unpaired) electrons. The van der Waals surface area contributed by atoms with Crippen molar-refractivity contribution in [1.82, 2.24) is 4.98 Å². The maximum atomic E-state index is 10.7. The summed E-state index contributed by atoms with van der Waals surface area (Å²) in [6, 6.07) is 0. The quantitative estimate of drug-likeness (QED) is 0.741. The van der Waals surface area contributed by atoms with Crippen LogP contribution in [0.15, 0.2) is 16.9 Å². The second kappa shape index (κ2) is 4.64. The minimum absolute atomic E-state index is 0.0602. The van der Waals surface area contributed by atoms with Gasteiger partial charge in [-0.15, -0.1) is 0 Å². The van der Waals surface area contributed by atoms with Crippen LogP contribution in [0.3, 0.4) is 0 Å². The molecule has 1 unspecified atom stereocenters. The van der Waals surface area contributed by atoms with Gasteiger partial charge in [0.15, 0.2) is 5.89 Å². The predicted octanol–water partition coefficient (Wildman–Crippen LogP) is 1.12. The van der Waals surface area contributed by atoms with E-state index < -0.39 is 0 Å². The normalized spacial score (nSPS) is 12.7. The van der Waals surface area contributed by atoms with E-state index in [4.69, 9.17) is 10.2 Å². The van der Waals surface area contributed by atoms with Gasteiger partial charge < -0.3 is 10.2 Å². The zero-order valence-electron chi connectivity index (χ0n) is 7.69. The average molecular weight is 182 g/mol. The first-order valence-corrected chi connectivity index (χ1v) is 4.38. The molecule has 13 heavy (non-hydrogen) atoms. The summed E-state index contributed by atoms with van der Waals surface area (Å²) in [6.45, 7) is 1.83. The lowest BCUT2D eigenvalue weighted by Gasteiger charge is -2.04. The summed E-state index contributed by atoms with van der Waals surface area (Å²) in [5.74, 6) is 0.416. The first kappa shape index (κ1) is 9.77. The molecule has 0 aromatic carbocycles. The average Bonchev–Trinajstić information content (AvgIpc) is 2.56. The first-order chi connectivity index (χ1) is 6.20. The van der Waals surface area contributed by atoms with Crippen molar-refractivity contribution >= 4 is 5.91 Å². The lowest BCUT2D eigenvalue weighted by atomic mass is 10.0. The van der Waals surface area contributed by atoms with E-state index in [2.05, 4.69) is 4.98 Å². The van der Waals surface area contributed by atoms with Crippen molar-refractivity contribution in [3.63, 3.8) is 0 Å². The minimum Gasteiger partial charge on any atom is -0.449 e. The Morgan fingerprint density at radius 2 is 2.54 bits per heavy atom. The topological polar surface area (TPSA) is 69.1 Å². The van der Waals surface area contributed by atoms with Gasteiger partial charge in [0, 0.05) is 12.3 Å². The highest BCUT2D eigenvalue weighted by atomic mass is 16.3. The Morgan fingerprint density at radius 1 is 1.77 bits per heavy atom. The number of oxazole rings is 1. The lowest BCUT2D eigenvalue weighted by Crippen LogP contribution is -2.20. The van der Waals surface area contributed by atoms with Gasteiger partial charge in [-0.05, 0) is 12.8 Å². The van der Waals surface area contributed by atoms with Crippen LogP contribution in [0.25, 0.3) is 0 Å². The van der Waals surface area contributed by atoms with Crippen LogP contribution in [0.1, 0.15) is 25.7 Å². The number of hydrogen-bond acceptors (Lipinski definition) is 3. The Morgan fingerprint density at radius 3 is 3.08 bits per heavy atom. The maximum Gasteiger partial charge on any atom is 0.220 e. The number of rotatable bonds is 5. The van der Waals surface area contributed by atoms with Crippen LogP contribution < -0.4 is 5.73 Å². The monoisotopic (exact) mass is 182 g/mol. The molecule has 0 aliphatic rings. The second-order valence-electron chi connectivity index (χ2n) is 3.12. The number of aromatic nitrogens is 1. The second-order valence-corrected chi connectivity index (χ2v) is 3.12. The molecule has 1 heterocycles.